The molecule has 2 nitrogen and oxygen atoms in total. The molecule has 0 N–H and O–H groups in total. The van der Waals surface area contributed by atoms with Crippen LogP contribution in [0.1, 0.15) is 72.6 Å². The van der Waals surface area contributed by atoms with Gasteiger partial charge in [-0.05, 0) is 68.1 Å². The third-order valence-corrected chi connectivity index (χ3v) is 8.65. The molecule has 0 aliphatic heterocycles. The van der Waals surface area contributed by atoms with Crippen LogP contribution in [-0.4, -0.2) is 19.0 Å². The number of fused-ring (bicyclic) bond motifs is 5. The maximum atomic E-state index is 13.1. The lowest BCUT2D eigenvalue weighted by atomic mass is 9.48. The minimum Gasteiger partial charge on any atom is -0.381 e. The van der Waals surface area contributed by atoms with Crippen LogP contribution in [-0.2, 0) is 9.53 Å². The Morgan fingerprint density at radius 3 is 2.46 bits per heavy atom. The molecule has 0 radical (unpaired) electrons. The summed E-state index contributed by atoms with van der Waals surface area (Å²) in [5.41, 5.74) is 1.84. The third-order valence-electron chi connectivity index (χ3n) is 8.65. The van der Waals surface area contributed by atoms with Gasteiger partial charge in [0.15, 0.2) is 0 Å². The van der Waals surface area contributed by atoms with Crippen LogP contribution in [0, 0.1) is 34.0 Å². The van der Waals surface area contributed by atoms with E-state index in [4.69, 9.17) is 4.74 Å². The van der Waals surface area contributed by atoms with E-state index in [-0.39, 0.29) is 10.8 Å². The summed E-state index contributed by atoms with van der Waals surface area (Å²) in [5, 5.41) is 0. The molecule has 4 rings (SSSR count). The Kier molecular flexibility index (Phi) is 3.64. The molecule has 134 valence electrons. The quantitative estimate of drug-likeness (QED) is 0.620. The predicted octanol–water partition coefficient (Wildman–Crippen LogP) is 5.17. The fourth-order valence-electron chi connectivity index (χ4n) is 7.22. The van der Waals surface area contributed by atoms with Gasteiger partial charge in [0.1, 0.15) is 5.78 Å². The Bertz CT molecular complexity index is 589. The number of ketones is 1. The second-order valence-electron chi connectivity index (χ2n) is 10.2. The van der Waals surface area contributed by atoms with Crippen molar-refractivity contribution in [3.05, 3.63) is 11.6 Å². The highest BCUT2D eigenvalue weighted by molar-refractivity contribution is 5.92. The van der Waals surface area contributed by atoms with Gasteiger partial charge in [-0.2, -0.15) is 0 Å². The number of rotatable bonds is 1. The lowest BCUT2D eigenvalue weighted by Crippen LogP contribution is -2.50. The maximum Gasteiger partial charge on any atom is 0.144 e. The first-order chi connectivity index (χ1) is 11.2. The van der Waals surface area contributed by atoms with Gasteiger partial charge >= 0.3 is 0 Å². The summed E-state index contributed by atoms with van der Waals surface area (Å²) in [5.74, 6) is 2.62. The average molecular weight is 331 g/mol. The highest BCUT2D eigenvalue weighted by atomic mass is 16.5. The summed E-state index contributed by atoms with van der Waals surface area (Å²) < 4.78 is 5.66. The van der Waals surface area contributed by atoms with Crippen LogP contribution in [0.4, 0.5) is 0 Å². The largest absolute Gasteiger partial charge is 0.381 e. The monoisotopic (exact) mass is 330 g/mol. The Morgan fingerprint density at radius 2 is 1.75 bits per heavy atom. The van der Waals surface area contributed by atoms with Crippen LogP contribution in [0.25, 0.3) is 0 Å². The van der Waals surface area contributed by atoms with Crippen LogP contribution >= 0.6 is 0 Å². The molecule has 0 amide bonds. The number of Topliss-reactive ketones (excluding diaryl/α,β-unsaturated/α-hetero) is 1. The Labute approximate surface area is 147 Å². The van der Waals surface area contributed by atoms with Gasteiger partial charge in [0, 0.05) is 17.9 Å². The van der Waals surface area contributed by atoms with Crippen LogP contribution in [0.2, 0.25) is 0 Å². The van der Waals surface area contributed by atoms with Gasteiger partial charge in [0.25, 0.3) is 0 Å². The zero-order chi connectivity index (χ0) is 17.3. The SMILES string of the molecule is COC1CC[C@@]2(C)C(=CC[C@@H]3[C@H]2CC[C@]2(C)C(=O)C(C)(C)C[C@@H]32)C1. The molecule has 3 saturated carbocycles. The number of hydrogen-bond donors (Lipinski definition) is 0. The molecule has 0 saturated heterocycles. The standard InChI is InChI=1S/C22H34O2/c1-20(2)13-18-16-7-6-14-12-15(24-5)8-10-21(14,3)17(16)9-11-22(18,4)19(20)23/h6,15-18H,7-13H2,1-5H3/t15?,16-,17-,18+,21+,22+/m1/s1. The lowest BCUT2D eigenvalue weighted by molar-refractivity contribution is -0.136. The highest BCUT2D eigenvalue weighted by Crippen LogP contribution is 2.66. The van der Waals surface area contributed by atoms with E-state index in [2.05, 4.69) is 33.8 Å². The van der Waals surface area contributed by atoms with E-state index in [0.29, 0.717) is 29.1 Å². The molecule has 0 aromatic heterocycles. The highest BCUT2D eigenvalue weighted by Gasteiger charge is 2.63. The van der Waals surface area contributed by atoms with Crippen LogP contribution in [0.5, 0.6) is 0 Å². The molecule has 2 heteroatoms. The normalized spacial score (nSPS) is 49.9. The number of carbonyl (C=O) groups excluding carboxylic acids is 1. The molecule has 3 fully saturated rings. The van der Waals surface area contributed by atoms with Crippen molar-refractivity contribution in [2.75, 3.05) is 7.11 Å². The molecule has 1 unspecified atom stereocenters. The van der Waals surface area contributed by atoms with Crippen molar-refractivity contribution < 1.29 is 9.53 Å². The fourth-order valence-corrected chi connectivity index (χ4v) is 7.22. The van der Waals surface area contributed by atoms with Crippen molar-refractivity contribution >= 4 is 5.78 Å². The van der Waals surface area contributed by atoms with Crippen molar-refractivity contribution in [3.63, 3.8) is 0 Å². The van der Waals surface area contributed by atoms with E-state index in [1.165, 1.54) is 25.7 Å². The second-order valence-corrected chi connectivity index (χ2v) is 10.2. The molecular formula is C22H34O2. The van der Waals surface area contributed by atoms with Gasteiger partial charge in [-0.25, -0.2) is 0 Å². The first-order valence-corrected chi connectivity index (χ1v) is 9.99. The molecule has 4 aliphatic carbocycles. The van der Waals surface area contributed by atoms with E-state index >= 15 is 0 Å². The second kappa shape index (κ2) is 5.19. The van der Waals surface area contributed by atoms with Gasteiger partial charge in [0.05, 0.1) is 6.10 Å². The van der Waals surface area contributed by atoms with Gasteiger partial charge in [-0.1, -0.05) is 39.3 Å². The zero-order valence-corrected chi connectivity index (χ0v) is 16.2. The smallest absolute Gasteiger partial charge is 0.144 e. The first kappa shape index (κ1) is 16.8. The third kappa shape index (κ3) is 2.08. The number of allylic oxidation sites excluding steroid dienone is 1. The molecule has 0 aromatic rings. The van der Waals surface area contributed by atoms with Crippen molar-refractivity contribution in [1.29, 1.82) is 0 Å². The number of carbonyl (C=O) groups is 1. The van der Waals surface area contributed by atoms with E-state index in [9.17, 15) is 4.79 Å². The molecule has 0 heterocycles. The van der Waals surface area contributed by atoms with Crippen molar-refractivity contribution in [2.45, 2.75) is 78.7 Å². The molecule has 6 atom stereocenters. The van der Waals surface area contributed by atoms with E-state index < -0.39 is 0 Å². The molecule has 0 spiro atoms. The number of hydrogen-bond acceptors (Lipinski definition) is 2. The van der Waals surface area contributed by atoms with E-state index in [1.54, 1.807) is 5.57 Å². The summed E-state index contributed by atoms with van der Waals surface area (Å²) >= 11 is 0. The zero-order valence-electron chi connectivity index (χ0n) is 16.2. The van der Waals surface area contributed by atoms with Gasteiger partial charge < -0.3 is 4.74 Å². The van der Waals surface area contributed by atoms with Crippen LogP contribution in [0.15, 0.2) is 11.6 Å². The minimum absolute atomic E-state index is 0.0594. The minimum atomic E-state index is -0.118. The number of methoxy groups -OCH3 is 1. The van der Waals surface area contributed by atoms with Gasteiger partial charge in [0.2, 0.25) is 0 Å². The van der Waals surface area contributed by atoms with Gasteiger partial charge in [-0.15, -0.1) is 0 Å². The maximum absolute atomic E-state index is 13.1. The van der Waals surface area contributed by atoms with Crippen LogP contribution < -0.4 is 0 Å². The summed E-state index contributed by atoms with van der Waals surface area (Å²) in [6.45, 7) is 9.17. The Hall–Kier alpha value is -0.630. The molecular weight excluding hydrogens is 296 g/mol. The molecule has 0 bridgehead atoms. The molecule has 0 aromatic carbocycles. The van der Waals surface area contributed by atoms with E-state index in [0.717, 1.165) is 25.2 Å². The van der Waals surface area contributed by atoms with Crippen LogP contribution in [0.3, 0.4) is 0 Å². The average Bonchev–Trinajstić information content (AvgIpc) is 2.73. The summed E-state index contributed by atoms with van der Waals surface area (Å²) in [6, 6.07) is 0. The Morgan fingerprint density at radius 1 is 1.04 bits per heavy atom. The van der Waals surface area contributed by atoms with Crippen molar-refractivity contribution in [2.24, 2.45) is 34.0 Å². The topological polar surface area (TPSA) is 26.3 Å². The summed E-state index contributed by atoms with van der Waals surface area (Å²) in [4.78, 5) is 13.1. The van der Waals surface area contributed by atoms with Gasteiger partial charge in [-0.3, -0.25) is 4.79 Å². The summed E-state index contributed by atoms with van der Waals surface area (Å²) in [7, 11) is 1.86. The van der Waals surface area contributed by atoms with Crippen molar-refractivity contribution in [3.8, 4) is 0 Å². The van der Waals surface area contributed by atoms with Crippen molar-refractivity contribution in [1.82, 2.24) is 0 Å². The lowest BCUT2D eigenvalue weighted by Gasteiger charge is -2.56. The first-order valence-electron chi connectivity index (χ1n) is 9.99. The Balaban J connectivity index is 1.68. The molecule has 24 heavy (non-hydrogen) atoms. The fraction of sp³-hybridized carbons (Fsp3) is 0.864. The van der Waals surface area contributed by atoms with E-state index in [1.807, 2.05) is 7.11 Å². The number of ether oxygens (including phenoxy) is 1. The summed E-state index contributed by atoms with van der Waals surface area (Å²) in [6.07, 6.45) is 11.2. The molecule has 4 aliphatic rings. The predicted molar refractivity (Wildman–Crippen MR) is 96.7 cm³/mol.